The third-order valence-electron chi connectivity index (χ3n) is 5.23. The summed E-state index contributed by atoms with van der Waals surface area (Å²) in [7, 11) is 0. The molecule has 172 valence electrons. The number of anilines is 2. The largest absolute Gasteiger partial charge is 0.322 e. The number of carbonyl (C=O) groups is 2. The van der Waals surface area contributed by atoms with E-state index < -0.39 is 0 Å². The molecule has 0 aliphatic heterocycles. The molecule has 0 aliphatic carbocycles. The Morgan fingerprint density at radius 2 is 1.74 bits per heavy atom. The number of rotatable bonds is 8. The Balaban J connectivity index is 1.40. The number of aryl methyl sites for hydroxylation is 1. The van der Waals surface area contributed by atoms with Crippen LogP contribution in [0.5, 0.6) is 0 Å². The summed E-state index contributed by atoms with van der Waals surface area (Å²) in [5.41, 5.74) is 4.13. The minimum atomic E-state index is -0.286. The molecule has 1 heterocycles. The molecule has 1 atom stereocenters. The maximum atomic E-state index is 12.9. The third kappa shape index (κ3) is 5.92. The van der Waals surface area contributed by atoms with E-state index >= 15 is 0 Å². The van der Waals surface area contributed by atoms with Crippen LogP contribution in [0.1, 0.15) is 29.3 Å². The maximum Gasteiger partial charge on any atom is 0.255 e. The van der Waals surface area contributed by atoms with Crippen LogP contribution in [0.4, 0.5) is 10.8 Å². The topological polar surface area (TPSA) is 71.1 Å². The Hall–Kier alpha value is -3.42. The van der Waals surface area contributed by atoms with Gasteiger partial charge in [0.2, 0.25) is 5.91 Å². The highest BCUT2D eigenvalue weighted by Gasteiger charge is 2.20. The van der Waals surface area contributed by atoms with Crippen LogP contribution in [0.2, 0.25) is 0 Å². The first kappa shape index (κ1) is 23.7. The minimum Gasteiger partial charge on any atom is -0.322 e. The van der Waals surface area contributed by atoms with Crippen LogP contribution in [0.15, 0.2) is 89.1 Å². The number of hydrogen-bond donors (Lipinski definition) is 2. The van der Waals surface area contributed by atoms with Crippen molar-refractivity contribution in [3.63, 3.8) is 0 Å². The standard InChI is InChI=1S/C27H25N3O2S2/c1-3-24(26(32)30-27-29-23(17-33-27)19-11-5-4-6-12-19)34-21-14-9-13-20(16-21)28-25(31)22-15-8-7-10-18(22)2/h4-17,24H,3H2,1-2H3,(H,28,31)(H,29,30,32). The van der Waals surface area contributed by atoms with Crippen LogP contribution in [0.3, 0.4) is 0 Å². The van der Waals surface area contributed by atoms with E-state index in [-0.39, 0.29) is 17.1 Å². The fourth-order valence-corrected chi connectivity index (χ4v) is 5.15. The van der Waals surface area contributed by atoms with Crippen molar-refractivity contribution in [2.24, 2.45) is 0 Å². The van der Waals surface area contributed by atoms with E-state index in [0.29, 0.717) is 22.8 Å². The van der Waals surface area contributed by atoms with E-state index in [1.807, 2.05) is 98.1 Å². The van der Waals surface area contributed by atoms with Gasteiger partial charge in [0.1, 0.15) is 0 Å². The van der Waals surface area contributed by atoms with Crippen molar-refractivity contribution < 1.29 is 9.59 Å². The molecule has 3 aromatic carbocycles. The van der Waals surface area contributed by atoms with Gasteiger partial charge in [-0.05, 0) is 43.2 Å². The predicted octanol–water partition coefficient (Wildman–Crippen LogP) is 6.88. The lowest BCUT2D eigenvalue weighted by Crippen LogP contribution is -2.24. The van der Waals surface area contributed by atoms with E-state index in [1.54, 1.807) is 0 Å². The summed E-state index contributed by atoms with van der Waals surface area (Å²) in [6.07, 6.45) is 0.660. The van der Waals surface area contributed by atoms with Crippen LogP contribution in [-0.2, 0) is 4.79 Å². The van der Waals surface area contributed by atoms with Gasteiger partial charge in [0.15, 0.2) is 5.13 Å². The molecule has 2 amide bonds. The van der Waals surface area contributed by atoms with Crippen molar-refractivity contribution in [3.05, 3.63) is 95.4 Å². The second-order valence-electron chi connectivity index (χ2n) is 7.70. The maximum absolute atomic E-state index is 12.9. The lowest BCUT2D eigenvalue weighted by atomic mass is 10.1. The Kier molecular flexibility index (Phi) is 7.77. The zero-order chi connectivity index (χ0) is 23.9. The lowest BCUT2D eigenvalue weighted by molar-refractivity contribution is -0.115. The molecule has 4 rings (SSSR count). The van der Waals surface area contributed by atoms with Crippen molar-refractivity contribution in [3.8, 4) is 11.3 Å². The summed E-state index contributed by atoms with van der Waals surface area (Å²) in [6.45, 7) is 3.90. The average Bonchev–Trinajstić information content (AvgIpc) is 3.32. The average molecular weight is 488 g/mol. The molecule has 0 spiro atoms. The van der Waals surface area contributed by atoms with Gasteiger partial charge in [-0.3, -0.25) is 9.59 Å². The Bertz CT molecular complexity index is 1290. The number of hydrogen-bond acceptors (Lipinski definition) is 5. The molecule has 1 unspecified atom stereocenters. The Morgan fingerprint density at radius 1 is 0.971 bits per heavy atom. The third-order valence-corrected chi connectivity index (χ3v) is 7.34. The number of nitrogens with zero attached hydrogens (tertiary/aromatic N) is 1. The fourth-order valence-electron chi connectivity index (χ4n) is 3.42. The molecule has 0 saturated carbocycles. The first-order chi connectivity index (χ1) is 16.5. The van der Waals surface area contributed by atoms with Crippen LogP contribution in [0.25, 0.3) is 11.3 Å². The number of amides is 2. The number of nitrogens with one attached hydrogen (secondary N) is 2. The molecule has 5 nitrogen and oxygen atoms in total. The molecule has 1 aromatic heterocycles. The van der Waals surface area contributed by atoms with Gasteiger partial charge in [-0.25, -0.2) is 4.98 Å². The van der Waals surface area contributed by atoms with Crippen molar-refractivity contribution in [2.75, 3.05) is 10.6 Å². The second kappa shape index (κ2) is 11.1. The Morgan fingerprint density at radius 3 is 2.50 bits per heavy atom. The summed E-state index contributed by atoms with van der Waals surface area (Å²) in [4.78, 5) is 31.1. The van der Waals surface area contributed by atoms with Crippen molar-refractivity contribution in [1.29, 1.82) is 0 Å². The first-order valence-corrected chi connectivity index (χ1v) is 12.7. The van der Waals surface area contributed by atoms with Gasteiger partial charge in [0, 0.05) is 27.1 Å². The molecule has 4 aromatic rings. The highest BCUT2D eigenvalue weighted by Crippen LogP contribution is 2.30. The number of thioether (sulfide) groups is 1. The van der Waals surface area contributed by atoms with E-state index in [4.69, 9.17) is 0 Å². The Labute approximate surface area is 207 Å². The monoisotopic (exact) mass is 487 g/mol. The predicted molar refractivity (Wildman–Crippen MR) is 142 cm³/mol. The highest BCUT2D eigenvalue weighted by molar-refractivity contribution is 8.00. The van der Waals surface area contributed by atoms with Gasteiger partial charge in [-0.1, -0.05) is 61.5 Å². The molecule has 7 heteroatoms. The van der Waals surface area contributed by atoms with Gasteiger partial charge in [-0.15, -0.1) is 23.1 Å². The number of aromatic nitrogens is 1. The summed E-state index contributed by atoms with van der Waals surface area (Å²) >= 11 is 2.89. The van der Waals surface area contributed by atoms with Gasteiger partial charge in [0.25, 0.3) is 5.91 Å². The normalized spacial score (nSPS) is 11.6. The van der Waals surface area contributed by atoms with Crippen LogP contribution < -0.4 is 10.6 Å². The number of thiazole rings is 1. The molecule has 0 bridgehead atoms. The number of carbonyl (C=O) groups excluding carboxylic acids is 2. The quantitative estimate of drug-likeness (QED) is 0.266. The SMILES string of the molecule is CCC(Sc1cccc(NC(=O)c2ccccc2C)c1)C(=O)Nc1nc(-c2ccccc2)cs1. The zero-order valence-electron chi connectivity index (χ0n) is 18.9. The van der Waals surface area contributed by atoms with Gasteiger partial charge in [0.05, 0.1) is 10.9 Å². The van der Waals surface area contributed by atoms with Crippen LogP contribution >= 0.6 is 23.1 Å². The van der Waals surface area contributed by atoms with E-state index in [2.05, 4.69) is 15.6 Å². The molecule has 2 N–H and O–H groups in total. The fraction of sp³-hybridized carbons (Fsp3) is 0.148. The summed E-state index contributed by atoms with van der Waals surface area (Å²) in [6, 6.07) is 24.9. The summed E-state index contributed by atoms with van der Waals surface area (Å²) in [5.74, 6) is -0.237. The zero-order valence-corrected chi connectivity index (χ0v) is 20.6. The van der Waals surface area contributed by atoms with Gasteiger partial charge >= 0.3 is 0 Å². The van der Waals surface area contributed by atoms with Crippen LogP contribution in [0, 0.1) is 6.92 Å². The molecular weight excluding hydrogens is 462 g/mol. The molecule has 0 saturated heterocycles. The highest BCUT2D eigenvalue weighted by atomic mass is 32.2. The van der Waals surface area contributed by atoms with Gasteiger partial charge in [-0.2, -0.15) is 0 Å². The molecular formula is C27H25N3O2S2. The van der Waals surface area contributed by atoms with Crippen molar-refractivity contribution >= 4 is 45.7 Å². The summed E-state index contributed by atoms with van der Waals surface area (Å²) in [5, 5.41) is 8.16. The van der Waals surface area contributed by atoms with E-state index in [9.17, 15) is 9.59 Å². The van der Waals surface area contributed by atoms with Crippen molar-refractivity contribution in [2.45, 2.75) is 30.4 Å². The van der Waals surface area contributed by atoms with E-state index in [0.717, 1.165) is 21.7 Å². The molecule has 0 aliphatic rings. The molecule has 34 heavy (non-hydrogen) atoms. The van der Waals surface area contributed by atoms with Gasteiger partial charge < -0.3 is 10.6 Å². The smallest absolute Gasteiger partial charge is 0.255 e. The van der Waals surface area contributed by atoms with Crippen LogP contribution in [-0.4, -0.2) is 22.0 Å². The minimum absolute atomic E-state index is 0.0872. The first-order valence-electron chi connectivity index (χ1n) is 11.0. The number of benzene rings is 3. The lowest BCUT2D eigenvalue weighted by Gasteiger charge is -2.14. The molecule has 0 fully saturated rings. The summed E-state index contributed by atoms with van der Waals surface area (Å²) < 4.78 is 0. The van der Waals surface area contributed by atoms with Crippen molar-refractivity contribution in [1.82, 2.24) is 4.98 Å². The van der Waals surface area contributed by atoms with E-state index in [1.165, 1.54) is 23.1 Å². The molecule has 0 radical (unpaired) electrons. The second-order valence-corrected chi connectivity index (χ2v) is 9.84.